The molecule has 4 aromatic rings. The monoisotopic (exact) mass is 451 g/mol. The third-order valence-corrected chi connectivity index (χ3v) is 5.93. The van der Waals surface area contributed by atoms with Crippen LogP contribution < -0.4 is 5.14 Å². The van der Waals surface area contributed by atoms with Crippen LogP contribution in [0.4, 0.5) is 0 Å². The largest absolute Gasteiger partial charge is 0.299 e. The highest BCUT2D eigenvalue weighted by atomic mass is 35.5. The van der Waals surface area contributed by atoms with Crippen molar-refractivity contribution in [3.8, 4) is 17.1 Å². The number of nitrogens with zero attached hydrogens (tertiary/aromatic N) is 2. The summed E-state index contributed by atoms with van der Waals surface area (Å²) < 4.78 is 24.9. The van der Waals surface area contributed by atoms with Gasteiger partial charge >= 0.3 is 0 Å². The molecule has 1 heterocycles. The molecule has 1 aromatic heterocycles. The van der Waals surface area contributed by atoms with Gasteiger partial charge in [-0.3, -0.25) is 9.36 Å². The van der Waals surface area contributed by atoms with Crippen LogP contribution in [0, 0.1) is 0 Å². The lowest BCUT2D eigenvalue weighted by Gasteiger charge is -2.08. The zero-order valence-corrected chi connectivity index (χ0v) is 17.8. The Labute approximate surface area is 185 Å². The quantitative estimate of drug-likeness (QED) is 0.443. The lowest BCUT2D eigenvalue weighted by molar-refractivity contribution is 0.0988. The number of rotatable bonds is 6. The van der Waals surface area contributed by atoms with Gasteiger partial charge in [0.1, 0.15) is 11.5 Å². The molecule has 0 bridgehead atoms. The second-order valence-electron chi connectivity index (χ2n) is 6.95. The van der Waals surface area contributed by atoms with Crippen molar-refractivity contribution in [2.24, 2.45) is 5.14 Å². The fraction of sp³-hybridized carbons (Fsp3) is 0.0435. The van der Waals surface area contributed by atoms with E-state index in [9.17, 15) is 13.2 Å². The Morgan fingerprint density at radius 2 is 1.58 bits per heavy atom. The van der Waals surface area contributed by atoms with E-state index in [1.807, 2.05) is 42.5 Å². The number of nitrogens with two attached hydrogens (primary N) is 1. The molecule has 0 atom stereocenters. The van der Waals surface area contributed by atoms with E-state index in [0.717, 1.165) is 11.3 Å². The molecule has 8 heteroatoms. The van der Waals surface area contributed by atoms with Gasteiger partial charge in [0.05, 0.1) is 4.90 Å². The SMILES string of the molecule is NS(=O)(=O)c1ccc(-c2nc(C(=O)Cc3ccccc3)cn2-c2ccc(Cl)cc2)cc1. The molecule has 0 fully saturated rings. The number of ketones is 1. The Kier molecular flexibility index (Phi) is 5.73. The fourth-order valence-electron chi connectivity index (χ4n) is 3.18. The van der Waals surface area contributed by atoms with Crippen LogP contribution in [-0.4, -0.2) is 23.8 Å². The summed E-state index contributed by atoms with van der Waals surface area (Å²) in [7, 11) is -3.81. The van der Waals surface area contributed by atoms with Gasteiger partial charge in [-0.15, -0.1) is 0 Å². The zero-order chi connectivity index (χ0) is 22.0. The minimum absolute atomic E-state index is 0.00114. The number of hydrogen-bond acceptors (Lipinski definition) is 4. The van der Waals surface area contributed by atoms with Crippen molar-refractivity contribution in [3.05, 3.63) is 101 Å². The van der Waals surface area contributed by atoms with Gasteiger partial charge in [-0.25, -0.2) is 18.5 Å². The minimum atomic E-state index is -3.81. The van der Waals surface area contributed by atoms with Crippen molar-refractivity contribution >= 4 is 27.4 Å². The van der Waals surface area contributed by atoms with Crippen molar-refractivity contribution in [2.75, 3.05) is 0 Å². The van der Waals surface area contributed by atoms with E-state index in [-0.39, 0.29) is 17.1 Å². The smallest absolute Gasteiger partial charge is 0.238 e. The summed E-state index contributed by atoms with van der Waals surface area (Å²) in [5.41, 5.74) is 2.61. The maximum absolute atomic E-state index is 12.9. The summed E-state index contributed by atoms with van der Waals surface area (Å²) in [6.45, 7) is 0. The molecule has 0 spiro atoms. The third-order valence-electron chi connectivity index (χ3n) is 4.74. The molecule has 0 aliphatic carbocycles. The van der Waals surface area contributed by atoms with Crippen LogP contribution in [-0.2, 0) is 16.4 Å². The maximum atomic E-state index is 12.9. The van der Waals surface area contributed by atoms with Crippen LogP contribution >= 0.6 is 11.6 Å². The number of sulfonamides is 1. The standard InChI is InChI=1S/C23H18ClN3O3S/c24-18-8-10-19(11-9-18)27-15-21(22(28)14-16-4-2-1-3-5-16)26-23(27)17-6-12-20(13-7-17)31(25,29)30/h1-13,15H,14H2,(H2,25,29,30). The molecule has 0 aliphatic heterocycles. The topological polar surface area (TPSA) is 95.1 Å². The van der Waals surface area contributed by atoms with E-state index < -0.39 is 10.0 Å². The van der Waals surface area contributed by atoms with Crippen molar-refractivity contribution in [2.45, 2.75) is 11.3 Å². The summed E-state index contributed by atoms with van der Waals surface area (Å²) in [6.07, 6.45) is 1.90. The Balaban J connectivity index is 1.77. The Morgan fingerprint density at radius 1 is 0.935 bits per heavy atom. The summed E-state index contributed by atoms with van der Waals surface area (Å²) in [5, 5.41) is 5.78. The Morgan fingerprint density at radius 3 is 2.19 bits per heavy atom. The zero-order valence-electron chi connectivity index (χ0n) is 16.3. The molecule has 6 nitrogen and oxygen atoms in total. The number of imidazole rings is 1. The first kappa shape index (κ1) is 21.0. The van der Waals surface area contributed by atoms with E-state index in [1.54, 1.807) is 35.0 Å². The number of carbonyl (C=O) groups excluding carboxylic acids is 1. The van der Waals surface area contributed by atoms with Gasteiger partial charge in [0, 0.05) is 28.9 Å². The van der Waals surface area contributed by atoms with Gasteiger partial charge in [-0.2, -0.15) is 0 Å². The highest BCUT2D eigenvalue weighted by Crippen LogP contribution is 2.26. The summed E-state index contributed by atoms with van der Waals surface area (Å²) in [4.78, 5) is 17.5. The van der Waals surface area contributed by atoms with Gasteiger partial charge in [-0.05, 0) is 54.1 Å². The molecule has 3 aromatic carbocycles. The Bertz CT molecular complexity index is 1330. The molecule has 31 heavy (non-hydrogen) atoms. The fourth-order valence-corrected chi connectivity index (χ4v) is 3.82. The average Bonchev–Trinajstić information content (AvgIpc) is 3.20. The molecule has 2 N–H and O–H groups in total. The number of primary sulfonamides is 1. The van der Waals surface area contributed by atoms with Crippen LogP contribution in [0.15, 0.2) is 90.0 Å². The second-order valence-corrected chi connectivity index (χ2v) is 8.95. The first-order valence-electron chi connectivity index (χ1n) is 9.37. The number of Topliss-reactive ketones (excluding diaryl/α,β-unsaturated/α-hetero) is 1. The van der Waals surface area contributed by atoms with Crippen LogP contribution in [0.1, 0.15) is 16.1 Å². The molecule has 0 radical (unpaired) electrons. The van der Waals surface area contributed by atoms with Gasteiger partial charge in [-0.1, -0.05) is 41.9 Å². The maximum Gasteiger partial charge on any atom is 0.238 e. The molecule has 0 amide bonds. The molecule has 0 saturated carbocycles. The first-order valence-corrected chi connectivity index (χ1v) is 11.3. The summed E-state index contributed by atoms with van der Waals surface area (Å²) in [5.74, 6) is 0.376. The molecule has 0 aliphatic rings. The van der Waals surface area contributed by atoms with Crippen molar-refractivity contribution in [1.29, 1.82) is 0 Å². The second kappa shape index (κ2) is 8.47. The number of carbonyl (C=O) groups is 1. The molecule has 0 saturated heterocycles. The number of hydrogen-bond donors (Lipinski definition) is 1. The van der Waals surface area contributed by atoms with Gasteiger partial charge in [0.25, 0.3) is 0 Å². The molecule has 0 unspecified atom stereocenters. The molecule has 156 valence electrons. The predicted molar refractivity (Wildman–Crippen MR) is 120 cm³/mol. The molecular formula is C23H18ClN3O3S. The van der Waals surface area contributed by atoms with Crippen LogP contribution in [0.2, 0.25) is 5.02 Å². The van der Waals surface area contributed by atoms with E-state index in [4.69, 9.17) is 16.7 Å². The van der Waals surface area contributed by atoms with Crippen molar-refractivity contribution < 1.29 is 13.2 Å². The van der Waals surface area contributed by atoms with E-state index in [0.29, 0.717) is 22.1 Å². The first-order chi connectivity index (χ1) is 14.8. The Hall–Kier alpha value is -3.26. The number of aromatic nitrogens is 2. The normalized spacial score (nSPS) is 11.4. The third kappa shape index (κ3) is 4.74. The van der Waals surface area contributed by atoms with Crippen LogP contribution in [0.5, 0.6) is 0 Å². The van der Waals surface area contributed by atoms with Gasteiger partial charge < -0.3 is 0 Å². The van der Waals surface area contributed by atoms with Crippen molar-refractivity contribution in [3.63, 3.8) is 0 Å². The summed E-state index contributed by atoms with van der Waals surface area (Å²) >= 11 is 6.01. The van der Waals surface area contributed by atoms with E-state index in [2.05, 4.69) is 4.98 Å². The summed E-state index contributed by atoms with van der Waals surface area (Å²) in [6, 6.07) is 22.6. The van der Waals surface area contributed by atoms with Gasteiger partial charge in [0.15, 0.2) is 5.78 Å². The molecule has 4 rings (SSSR count). The van der Waals surface area contributed by atoms with Crippen LogP contribution in [0.25, 0.3) is 17.1 Å². The lowest BCUT2D eigenvalue weighted by Crippen LogP contribution is -2.11. The van der Waals surface area contributed by atoms with E-state index in [1.165, 1.54) is 12.1 Å². The predicted octanol–water partition coefficient (Wildman–Crippen LogP) is 4.27. The van der Waals surface area contributed by atoms with Crippen LogP contribution in [0.3, 0.4) is 0 Å². The highest BCUT2D eigenvalue weighted by molar-refractivity contribution is 7.89. The average molecular weight is 452 g/mol. The molecular weight excluding hydrogens is 434 g/mol. The lowest BCUT2D eigenvalue weighted by atomic mass is 10.1. The minimum Gasteiger partial charge on any atom is -0.299 e. The van der Waals surface area contributed by atoms with Gasteiger partial charge in [0.2, 0.25) is 10.0 Å². The highest BCUT2D eigenvalue weighted by Gasteiger charge is 2.18. The van der Waals surface area contributed by atoms with E-state index >= 15 is 0 Å². The number of benzene rings is 3. The number of halogens is 1. The van der Waals surface area contributed by atoms with Crippen molar-refractivity contribution in [1.82, 2.24) is 9.55 Å².